The summed E-state index contributed by atoms with van der Waals surface area (Å²) in [6.07, 6.45) is 1.01. The molecule has 0 unspecified atom stereocenters. The molecular weight excluding hydrogens is 302 g/mol. The van der Waals surface area contributed by atoms with Crippen molar-refractivity contribution in [2.45, 2.75) is 26.5 Å². The van der Waals surface area contributed by atoms with Gasteiger partial charge in [-0.15, -0.1) is 0 Å². The van der Waals surface area contributed by atoms with E-state index in [0.29, 0.717) is 6.61 Å². The summed E-state index contributed by atoms with van der Waals surface area (Å²) in [5.41, 5.74) is 3.59. The van der Waals surface area contributed by atoms with Gasteiger partial charge in [0.25, 0.3) is 0 Å². The lowest BCUT2D eigenvalue weighted by Crippen LogP contribution is -2.16. The first-order valence-corrected chi connectivity index (χ1v) is 8.28. The Labute approximate surface area is 144 Å². The third-order valence-electron chi connectivity index (χ3n) is 3.90. The van der Waals surface area contributed by atoms with Crippen molar-refractivity contribution in [3.63, 3.8) is 0 Å². The summed E-state index contributed by atoms with van der Waals surface area (Å²) in [7, 11) is 3.40. The summed E-state index contributed by atoms with van der Waals surface area (Å²) in [6, 6.07) is 14.3. The molecule has 0 bridgehead atoms. The molecule has 0 heterocycles. The molecule has 2 rings (SSSR count). The van der Waals surface area contributed by atoms with Crippen LogP contribution in [0.4, 0.5) is 0 Å². The average Bonchev–Trinajstić information content (AvgIpc) is 2.61. The average molecular weight is 329 g/mol. The van der Waals surface area contributed by atoms with Crippen LogP contribution in [0.15, 0.2) is 42.5 Å². The lowest BCUT2D eigenvalue weighted by molar-refractivity contribution is 0.194. The normalized spacial score (nSPS) is 10.6. The molecule has 2 aromatic rings. The molecule has 0 saturated heterocycles. The monoisotopic (exact) mass is 329 g/mol. The van der Waals surface area contributed by atoms with Gasteiger partial charge in [-0.25, -0.2) is 0 Å². The molecule has 0 aliphatic carbocycles. The Morgan fingerprint density at radius 3 is 2.58 bits per heavy atom. The van der Waals surface area contributed by atoms with E-state index in [4.69, 9.17) is 14.2 Å². The number of methoxy groups -OCH3 is 2. The van der Waals surface area contributed by atoms with Gasteiger partial charge in [0.15, 0.2) is 11.5 Å². The Morgan fingerprint density at radius 1 is 1.00 bits per heavy atom. The Morgan fingerprint density at radius 2 is 1.83 bits per heavy atom. The number of rotatable bonds is 10. The maximum atomic E-state index is 5.95. The van der Waals surface area contributed by atoms with Crippen molar-refractivity contribution in [2.75, 3.05) is 27.4 Å². The van der Waals surface area contributed by atoms with Crippen LogP contribution < -0.4 is 14.8 Å². The first-order chi connectivity index (χ1) is 11.7. The highest BCUT2D eigenvalue weighted by molar-refractivity contribution is 5.43. The van der Waals surface area contributed by atoms with E-state index in [2.05, 4.69) is 30.4 Å². The van der Waals surface area contributed by atoms with Crippen molar-refractivity contribution < 1.29 is 14.2 Å². The van der Waals surface area contributed by atoms with E-state index in [1.807, 2.05) is 24.3 Å². The van der Waals surface area contributed by atoms with Crippen molar-refractivity contribution in [2.24, 2.45) is 0 Å². The maximum absolute atomic E-state index is 5.95. The van der Waals surface area contributed by atoms with Crippen molar-refractivity contribution >= 4 is 0 Å². The molecule has 0 aliphatic rings. The smallest absolute Gasteiger partial charge is 0.161 e. The van der Waals surface area contributed by atoms with Crippen molar-refractivity contribution in [3.05, 3.63) is 59.2 Å². The zero-order chi connectivity index (χ0) is 17.2. The zero-order valence-electron chi connectivity index (χ0n) is 14.8. The molecule has 4 nitrogen and oxygen atoms in total. The van der Waals surface area contributed by atoms with Gasteiger partial charge in [-0.2, -0.15) is 0 Å². The van der Waals surface area contributed by atoms with Gasteiger partial charge in [-0.3, -0.25) is 0 Å². The zero-order valence-corrected chi connectivity index (χ0v) is 14.8. The van der Waals surface area contributed by atoms with Gasteiger partial charge in [0.2, 0.25) is 0 Å². The standard InChI is InChI=1S/C20H27NO3/c1-16-7-4-5-8-18(16)15-24-19-10-9-17(13-20(19)23-3)14-21-11-6-12-22-2/h4-5,7-10,13,21H,6,11-12,14-15H2,1-3H3. The van der Waals surface area contributed by atoms with Crippen LogP contribution in [-0.4, -0.2) is 27.4 Å². The molecule has 0 spiro atoms. The largest absolute Gasteiger partial charge is 0.493 e. The summed E-state index contributed by atoms with van der Waals surface area (Å²) in [5, 5.41) is 3.40. The summed E-state index contributed by atoms with van der Waals surface area (Å²) in [6.45, 7) is 5.15. The molecule has 1 N–H and O–H groups in total. The van der Waals surface area contributed by atoms with Crippen LogP contribution in [0.1, 0.15) is 23.1 Å². The Kier molecular flexibility index (Phi) is 7.59. The van der Waals surface area contributed by atoms with Gasteiger partial charge in [0, 0.05) is 20.3 Å². The molecule has 0 saturated carbocycles. The van der Waals surface area contributed by atoms with Crippen molar-refractivity contribution in [1.82, 2.24) is 5.32 Å². The minimum atomic E-state index is 0.539. The molecule has 4 heteroatoms. The molecule has 0 atom stereocenters. The quantitative estimate of drug-likeness (QED) is 0.675. The van der Waals surface area contributed by atoms with E-state index in [0.717, 1.165) is 37.6 Å². The fourth-order valence-electron chi connectivity index (χ4n) is 2.44. The number of ether oxygens (including phenoxy) is 3. The van der Waals surface area contributed by atoms with Crippen LogP contribution in [0.3, 0.4) is 0 Å². The third kappa shape index (κ3) is 5.55. The number of hydrogen-bond acceptors (Lipinski definition) is 4. The fourth-order valence-corrected chi connectivity index (χ4v) is 2.44. The molecule has 0 amide bonds. The maximum Gasteiger partial charge on any atom is 0.161 e. The second kappa shape index (κ2) is 9.96. The second-order valence-electron chi connectivity index (χ2n) is 5.72. The highest BCUT2D eigenvalue weighted by Crippen LogP contribution is 2.29. The van der Waals surface area contributed by atoms with Crippen LogP contribution in [0.5, 0.6) is 11.5 Å². The predicted octanol–water partition coefficient (Wildman–Crippen LogP) is 3.71. The SMILES string of the molecule is COCCCNCc1ccc(OCc2ccccc2C)c(OC)c1. The summed E-state index contributed by atoms with van der Waals surface area (Å²) in [4.78, 5) is 0. The Bertz CT molecular complexity index is 628. The Balaban J connectivity index is 1.92. The van der Waals surface area contributed by atoms with E-state index < -0.39 is 0 Å². The fraction of sp³-hybridized carbons (Fsp3) is 0.400. The molecular formula is C20H27NO3. The van der Waals surface area contributed by atoms with Crippen LogP contribution in [0.2, 0.25) is 0 Å². The summed E-state index contributed by atoms with van der Waals surface area (Å²) < 4.78 is 16.5. The first-order valence-electron chi connectivity index (χ1n) is 8.28. The number of hydrogen-bond donors (Lipinski definition) is 1. The molecule has 0 fully saturated rings. The molecule has 0 aliphatic heterocycles. The highest BCUT2D eigenvalue weighted by atomic mass is 16.5. The molecule has 24 heavy (non-hydrogen) atoms. The van der Waals surface area contributed by atoms with Gasteiger partial charge in [0.1, 0.15) is 6.61 Å². The third-order valence-corrected chi connectivity index (χ3v) is 3.90. The van der Waals surface area contributed by atoms with Gasteiger partial charge in [0.05, 0.1) is 7.11 Å². The molecule has 2 aromatic carbocycles. The summed E-state index contributed by atoms with van der Waals surface area (Å²) >= 11 is 0. The number of nitrogens with one attached hydrogen (secondary N) is 1. The molecule has 130 valence electrons. The lowest BCUT2D eigenvalue weighted by Gasteiger charge is -2.13. The highest BCUT2D eigenvalue weighted by Gasteiger charge is 2.07. The second-order valence-corrected chi connectivity index (χ2v) is 5.72. The van der Waals surface area contributed by atoms with Gasteiger partial charge >= 0.3 is 0 Å². The van der Waals surface area contributed by atoms with Crippen LogP contribution in [-0.2, 0) is 17.9 Å². The molecule has 0 aromatic heterocycles. The van der Waals surface area contributed by atoms with E-state index in [9.17, 15) is 0 Å². The first kappa shape index (κ1) is 18.3. The van der Waals surface area contributed by atoms with Gasteiger partial charge < -0.3 is 19.5 Å². The van der Waals surface area contributed by atoms with E-state index in [1.165, 1.54) is 16.7 Å². The summed E-state index contributed by atoms with van der Waals surface area (Å²) in [5.74, 6) is 1.53. The number of benzene rings is 2. The number of aryl methyl sites for hydroxylation is 1. The van der Waals surface area contributed by atoms with Crippen molar-refractivity contribution in [3.8, 4) is 11.5 Å². The van der Waals surface area contributed by atoms with Crippen molar-refractivity contribution in [1.29, 1.82) is 0 Å². The Hall–Kier alpha value is -2.04. The van der Waals surface area contributed by atoms with Gasteiger partial charge in [-0.1, -0.05) is 30.3 Å². The van der Waals surface area contributed by atoms with E-state index in [1.54, 1.807) is 14.2 Å². The van der Waals surface area contributed by atoms with E-state index >= 15 is 0 Å². The predicted molar refractivity (Wildman–Crippen MR) is 96.7 cm³/mol. The van der Waals surface area contributed by atoms with E-state index in [-0.39, 0.29) is 0 Å². The minimum absolute atomic E-state index is 0.539. The lowest BCUT2D eigenvalue weighted by atomic mass is 10.1. The molecule has 0 radical (unpaired) electrons. The van der Waals surface area contributed by atoms with Gasteiger partial charge in [-0.05, 0) is 48.7 Å². The minimum Gasteiger partial charge on any atom is -0.493 e. The van der Waals surface area contributed by atoms with Crippen LogP contribution in [0, 0.1) is 6.92 Å². The van der Waals surface area contributed by atoms with Crippen LogP contribution >= 0.6 is 0 Å². The van der Waals surface area contributed by atoms with Crippen LogP contribution in [0.25, 0.3) is 0 Å². The topological polar surface area (TPSA) is 39.7 Å².